The van der Waals surface area contributed by atoms with Crippen LogP contribution in [0.15, 0.2) is 11.6 Å². The van der Waals surface area contributed by atoms with Crippen LogP contribution in [-0.4, -0.2) is 139 Å². The summed E-state index contributed by atoms with van der Waals surface area (Å²) in [5.74, 6) is -1.21. The molecular formula is C43H72O14. The maximum Gasteiger partial charge on any atom is 0.302 e. The summed E-state index contributed by atoms with van der Waals surface area (Å²) in [5.41, 5.74) is -1.82. The van der Waals surface area contributed by atoms with Crippen molar-refractivity contribution in [2.24, 2.45) is 45.3 Å². The summed E-state index contributed by atoms with van der Waals surface area (Å²) in [6.07, 6.45) is -8.33. The summed E-state index contributed by atoms with van der Waals surface area (Å²) >= 11 is 0. The molecule has 2 heterocycles. The predicted octanol–water partition coefficient (Wildman–Crippen LogP) is 2.33. The van der Waals surface area contributed by atoms with Gasteiger partial charge < -0.3 is 64.5 Å². The van der Waals surface area contributed by atoms with Gasteiger partial charge in [0.15, 0.2) is 12.6 Å². The molecule has 14 heteroatoms. The maximum absolute atomic E-state index is 12.3. The van der Waals surface area contributed by atoms with Gasteiger partial charge >= 0.3 is 5.97 Å². The highest BCUT2D eigenvalue weighted by Gasteiger charge is 2.73. The molecule has 20 atom stereocenters. The van der Waals surface area contributed by atoms with Gasteiger partial charge in [-0.15, -0.1) is 0 Å². The average molecular weight is 813 g/mol. The summed E-state index contributed by atoms with van der Waals surface area (Å²) in [6.45, 7) is 17.4. The Morgan fingerprint density at radius 1 is 0.842 bits per heavy atom. The monoisotopic (exact) mass is 812 g/mol. The number of carbonyl (C=O) groups is 1. The zero-order valence-corrected chi connectivity index (χ0v) is 35.4. The Balaban J connectivity index is 1.39. The summed E-state index contributed by atoms with van der Waals surface area (Å²) < 4.78 is 30.3. The second kappa shape index (κ2) is 16.2. The topological polar surface area (TPSA) is 225 Å². The molecule has 2 aliphatic heterocycles. The normalized spacial score (nSPS) is 50.5. The van der Waals surface area contributed by atoms with E-state index in [-0.39, 0.29) is 30.3 Å². The lowest BCUT2D eigenvalue weighted by Crippen LogP contribution is -2.71. The van der Waals surface area contributed by atoms with Crippen molar-refractivity contribution in [3.05, 3.63) is 11.6 Å². The molecule has 6 fully saturated rings. The molecule has 6 aliphatic rings. The van der Waals surface area contributed by atoms with E-state index in [4.69, 9.17) is 23.7 Å². The van der Waals surface area contributed by atoms with E-state index >= 15 is 0 Å². The minimum atomic E-state index is -1.71. The lowest BCUT2D eigenvalue weighted by atomic mass is 9.34. The number of carbonyl (C=O) groups excluding carboxylic acids is 1. The van der Waals surface area contributed by atoms with Crippen molar-refractivity contribution in [3.63, 3.8) is 0 Å². The molecule has 328 valence electrons. The van der Waals surface area contributed by atoms with Crippen molar-refractivity contribution in [2.75, 3.05) is 13.2 Å². The van der Waals surface area contributed by atoms with Gasteiger partial charge in [-0.25, -0.2) is 0 Å². The highest BCUT2D eigenvalue weighted by Crippen LogP contribution is 2.76. The van der Waals surface area contributed by atoms with E-state index in [9.17, 15) is 45.6 Å². The van der Waals surface area contributed by atoms with Crippen LogP contribution in [-0.2, 0) is 28.5 Å². The van der Waals surface area contributed by atoms with E-state index in [1.807, 2.05) is 34.6 Å². The van der Waals surface area contributed by atoms with E-state index in [0.717, 1.165) is 19.3 Å². The number of esters is 1. The van der Waals surface area contributed by atoms with E-state index in [2.05, 4.69) is 26.8 Å². The van der Waals surface area contributed by atoms with Gasteiger partial charge in [0.2, 0.25) is 0 Å². The van der Waals surface area contributed by atoms with Crippen LogP contribution in [0.3, 0.4) is 0 Å². The first kappa shape index (κ1) is 45.3. The lowest BCUT2D eigenvalue weighted by Gasteiger charge is -2.72. The number of aliphatic hydroxyl groups excluding tert-OH is 7. The van der Waals surface area contributed by atoms with Gasteiger partial charge in [0, 0.05) is 6.92 Å². The third kappa shape index (κ3) is 7.79. The second-order valence-electron chi connectivity index (χ2n) is 20.5. The van der Waals surface area contributed by atoms with Crippen molar-refractivity contribution < 1.29 is 69.3 Å². The van der Waals surface area contributed by atoms with Crippen LogP contribution in [0.4, 0.5) is 0 Å². The summed E-state index contributed by atoms with van der Waals surface area (Å²) in [7, 11) is 0. The molecule has 4 aliphatic carbocycles. The Bertz CT molecular complexity index is 1470. The molecule has 2 saturated heterocycles. The molecule has 0 radical (unpaired) electrons. The summed E-state index contributed by atoms with van der Waals surface area (Å²) in [5, 5.41) is 90.2. The third-order valence-corrected chi connectivity index (χ3v) is 16.4. The van der Waals surface area contributed by atoms with Crippen LogP contribution in [0, 0.1) is 45.3 Å². The quantitative estimate of drug-likeness (QED) is 0.0901. The Kier molecular flexibility index (Phi) is 12.9. The number of fused-ring (bicyclic) bond motifs is 5. The van der Waals surface area contributed by atoms with Gasteiger partial charge in [-0.3, -0.25) is 4.79 Å². The molecule has 14 nitrogen and oxygen atoms in total. The maximum atomic E-state index is 12.3. The predicted molar refractivity (Wildman–Crippen MR) is 206 cm³/mol. The molecule has 0 aromatic carbocycles. The number of ether oxygens (including phenoxy) is 5. The van der Waals surface area contributed by atoms with Gasteiger partial charge in [0.05, 0.1) is 30.5 Å². The van der Waals surface area contributed by atoms with E-state index in [1.165, 1.54) is 12.5 Å². The Morgan fingerprint density at radius 2 is 1.53 bits per heavy atom. The molecule has 57 heavy (non-hydrogen) atoms. The first-order chi connectivity index (χ1) is 26.4. The highest BCUT2D eigenvalue weighted by atomic mass is 16.8. The smallest absolute Gasteiger partial charge is 0.302 e. The summed E-state index contributed by atoms with van der Waals surface area (Å²) in [4.78, 5) is 11.8. The Labute approximate surface area is 337 Å². The van der Waals surface area contributed by atoms with E-state index in [1.54, 1.807) is 0 Å². The largest absolute Gasteiger partial charge is 0.463 e. The number of hydrogen-bond donors (Lipinski definition) is 8. The van der Waals surface area contributed by atoms with Gasteiger partial charge in [-0.1, -0.05) is 46.3 Å². The molecule has 0 spiro atoms. The Morgan fingerprint density at radius 3 is 2.18 bits per heavy atom. The van der Waals surface area contributed by atoms with E-state index < -0.39 is 113 Å². The van der Waals surface area contributed by atoms with Crippen LogP contribution in [0.25, 0.3) is 0 Å². The van der Waals surface area contributed by atoms with Crippen molar-refractivity contribution >= 4 is 5.97 Å². The van der Waals surface area contributed by atoms with Gasteiger partial charge in [0.25, 0.3) is 0 Å². The molecule has 0 aromatic heterocycles. The fourth-order valence-electron chi connectivity index (χ4n) is 13.3. The van der Waals surface area contributed by atoms with E-state index in [0.29, 0.717) is 32.1 Å². The number of aliphatic hydroxyl groups is 8. The molecule has 0 amide bonds. The molecular weight excluding hydrogens is 740 g/mol. The fourth-order valence-corrected chi connectivity index (χ4v) is 13.3. The fraction of sp³-hybridized carbons (Fsp3) is 0.930. The molecule has 0 aromatic rings. The van der Waals surface area contributed by atoms with Crippen molar-refractivity contribution in [2.45, 2.75) is 193 Å². The summed E-state index contributed by atoms with van der Waals surface area (Å²) in [6, 6.07) is 0. The average Bonchev–Trinajstić information content (AvgIpc) is 3.50. The molecule has 6 rings (SSSR count). The van der Waals surface area contributed by atoms with Crippen molar-refractivity contribution in [1.82, 2.24) is 0 Å². The van der Waals surface area contributed by atoms with Crippen LogP contribution >= 0.6 is 0 Å². The first-order valence-corrected chi connectivity index (χ1v) is 21.2. The highest BCUT2D eigenvalue weighted by molar-refractivity contribution is 5.65. The zero-order valence-electron chi connectivity index (χ0n) is 35.4. The molecule has 0 bridgehead atoms. The van der Waals surface area contributed by atoms with Gasteiger partial charge in [-0.2, -0.15) is 0 Å². The molecule has 4 saturated carbocycles. The third-order valence-electron chi connectivity index (χ3n) is 16.4. The molecule has 8 N–H and O–H groups in total. The SMILES string of the molecule is CC(=O)OC[C@H]1O[C@@H](O[C@H]2C[C@]3(C)[C@H](C[C@@H](O)[C@@H]4[C@@H]([C@@](C)(O)CCC=C(C)C)CC[C@]43C)[C@@]3(C)CC[C@H](O)C(C)(C)[C@H]23)[C@H](O[C@@H]2OC[C@@H](O)[C@H](O)[C@H]2O)[C@@H](O)[C@@H]1O. The van der Waals surface area contributed by atoms with Crippen LogP contribution < -0.4 is 0 Å². The van der Waals surface area contributed by atoms with Gasteiger partial charge in [0.1, 0.15) is 49.3 Å². The second-order valence-corrected chi connectivity index (χ2v) is 20.5. The number of rotatable bonds is 10. The van der Waals surface area contributed by atoms with Crippen molar-refractivity contribution in [3.8, 4) is 0 Å². The number of hydrogen-bond acceptors (Lipinski definition) is 14. The van der Waals surface area contributed by atoms with Crippen LogP contribution in [0.5, 0.6) is 0 Å². The standard InChI is InChI=1S/C43H72O14/c1-21(2)11-10-14-43(9,52)23-12-16-41(7)30(23)24(45)17-28-40(6)15-13-29(47)39(4,5)36(40)26(18-42(28,41)8)55-38-35(57-37-34(51)31(48)25(46)19-54-37)33(50)32(49)27(56-38)20-53-22(3)44/h11,23-38,45-52H,10,12-20H2,1-9H3/t23-,24+,25+,26-,27+,28+,29-,30-,31-,32+,33-,34+,35+,36-,37-,38+,40+,41+,42+,43-/m0/s1. The molecule has 0 unspecified atom stereocenters. The minimum Gasteiger partial charge on any atom is -0.463 e. The first-order valence-electron chi connectivity index (χ1n) is 21.2. The number of allylic oxidation sites excluding steroid dienone is 2. The Hall–Kier alpha value is -1.27. The van der Waals surface area contributed by atoms with Crippen LogP contribution in [0.2, 0.25) is 0 Å². The minimum absolute atomic E-state index is 0.0226. The van der Waals surface area contributed by atoms with Crippen molar-refractivity contribution in [1.29, 1.82) is 0 Å². The lowest BCUT2D eigenvalue weighted by molar-refractivity contribution is -0.377. The van der Waals surface area contributed by atoms with Gasteiger partial charge in [-0.05, 0) is 117 Å². The zero-order chi connectivity index (χ0) is 42.2. The van der Waals surface area contributed by atoms with Crippen LogP contribution in [0.1, 0.15) is 114 Å².